The van der Waals surface area contributed by atoms with Gasteiger partial charge in [0.2, 0.25) is 0 Å². The zero-order chi connectivity index (χ0) is 5.54. The molecular weight excluding hydrogens is 88.1 g/mol. The number of hydrogen-bond acceptors (Lipinski definition) is 2. The van der Waals surface area contributed by atoms with Crippen molar-refractivity contribution < 1.29 is 0 Å². The van der Waals surface area contributed by atoms with Crippen molar-refractivity contribution in [2.45, 2.75) is 13.3 Å². The Labute approximate surface area is 44.4 Å². The highest BCUT2D eigenvalue weighted by atomic mass is 14.8. The minimum Gasteiger partial charge on any atom is -0.403 e. The van der Waals surface area contributed by atoms with Gasteiger partial charge in [0, 0.05) is 18.9 Å². The number of rotatable bonds is 3. The first-order valence-electron chi connectivity index (χ1n) is 2.52. The van der Waals surface area contributed by atoms with Crippen LogP contribution in [0.5, 0.6) is 0 Å². The highest BCUT2D eigenvalue weighted by Crippen LogP contribution is 1.66. The van der Waals surface area contributed by atoms with Crippen LogP contribution in [0, 0.1) is 0 Å². The summed E-state index contributed by atoms with van der Waals surface area (Å²) >= 11 is 0. The molecule has 0 aliphatic rings. The zero-order valence-corrected chi connectivity index (χ0v) is 4.65. The molecule has 0 saturated heterocycles. The Bertz CT molecular complexity index is 50.0. The average molecular weight is 100 g/mol. The van der Waals surface area contributed by atoms with Crippen molar-refractivity contribution in [3.63, 3.8) is 0 Å². The molecule has 0 radical (unpaired) electrons. The Kier molecular flexibility index (Phi) is 4.84. The van der Waals surface area contributed by atoms with E-state index in [1.165, 1.54) is 6.20 Å². The lowest BCUT2D eigenvalue weighted by molar-refractivity contribution is 0.808. The van der Waals surface area contributed by atoms with Gasteiger partial charge in [-0.2, -0.15) is 0 Å². The van der Waals surface area contributed by atoms with E-state index >= 15 is 0 Å². The van der Waals surface area contributed by atoms with E-state index < -0.39 is 0 Å². The summed E-state index contributed by atoms with van der Waals surface area (Å²) < 4.78 is 0. The maximum absolute atomic E-state index is 5.03. The molecule has 0 fully saturated rings. The molecule has 0 bridgehead atoms. The second-order valence-corrected chi connectivity index (χ2v) is 1.31. The molecule has 0 aliphatic heterocycles. The second-order valence-electron chi connectivity index (χ2n) is 1.31. The molecule has 0 aromatic rings. The van der Waals surface area contributed by atoms with Crippen LogP contribution in [0.15, 0.2) is 12.4 Å². The van der Waals surface area contributed by atoms with Crippen molar-refractivity contribution in [3.05, 3.63) is 12.4 Å². The molecule has 0 aromatic carbocycles. The van der Waals surface area contributed by atoms with E-state index in [2.05, 4.69) is 12.2 Å². The van der Waals surface area contributed by atoms with Crippen molar-refractivity contribution in [2.24, 2.45) is 5.73 Å². The first kappa shape index (κ1) is 6.34. The molecule has 0 unspecified atom stereocenters. The van der Waals surface area contributed by atoms with Gasteiger partial charge in [0.05, 0.1) is 0 Å². The van der Waals surface area contributed by atoms with E-state index in [4.69, 9.17) is 5.73 Å². The molecule has 2 heteroatoms. The molecule has 0 atom stereocenters. The predicted molar refractivity (Wildman–Crippen MR) is 31.6 cm³/mol. The summed E-state index contributed by atoms with van der Waals surface area (Å²) in [5.41, 5.74) is 5.03. The van der Waals surface area contributed by atoms with Crippen LogP contribution in [-0.2, 0) is 0 Å². The van der Waals surface area contributed by atoms with Gasteiger partial charge in [-0.3, -0.25) is 0 Å². The fraction of sp³-hybridized carbons (Fsp3) is 0.600. The average Bonchev–Trinajstić information content (AvgIpc) is 1.69. The summed E-state index contributed by atoms with van der Waals surface area (Å²) in [6.45, 7) is 3.12. The van der Waals surface area contributed by atoms with E-state index in [0.717, 1.165) is 13.0 Å². The van der Waals surface area contributed by atoms with Gasteiger partial charge in [0.25, 0.3) is 0 Å². The maximum Gasteiger partial charge on any atom is 0.0139 e. The zero-order valence-electron chi connectivity index (χ0n) is 4.65. The molecule has 3 N–H and O–H groups in total. The molecule has 42 valence electrons. The van der Waals surface area contributed by atoms with Gasteiger partial charge in [-0.05, 0) is 6.42 Å². The first-order chi connectivity index (χ1) is 3.41. The van der Waals surface area contributed by atoms with Crippen molar-refractivity contribution >= 4 is 0 Å². The predicted octanol–water partition coefficient (Wildman–Crippen LogP) is 0.416. The van der Waals surface area contributed by atoms with Crippen molar-refractivity contribution in [3.8, 4) is 0 Å². The summed E-state index contributed by atoms with van der Waals surface area (Å²) in [6.07, 6.45) is 4.38. The van der Waals surface area contributed by atoms with Gasteiger partial charge in [-0.15, -0.1) is 0 Å². The molecule has 0 saturated carbocycles. The molecular formula is C5H12N2. The molecule has 0 aliphatic carbocycles. The van der Waals surface area contributed by atoms with E-state index in [1.54, 1.807) is 6.20 Å². The fourth-order valence-corrected chi connectivity index (χ4v) is 0.296. The van der Waals surface area contributed by atoms with E-state index in [9.17, 15) is 0 Å². The second kappa shape index (κ2) is 5.34. The van der Waals surface area contributed by atoms with E-state index in [1.807, 2.05) is 0 Å². The van der Waals surface area contributed by atoms with Gasteiger partial charge in [0.1, 0.15) is 0 Å². The maximum atomic E-state index is 5.03. The Morgan fingerprint density at radius 2 is 2.43 bits per heavy atom. The summed E-state index contributed by atoms with van der Waals surface area (Å²) in [5.74, 6) is 0. The molecule has 0 heterocycles. The van der Waals surface area contributed by atoms with Gasteiger partial charge >= 0.3 is 0 Å². The summed E-state index contributed by atoms with van der Waals surface area (Å²) in [7, 11) is 0. The van der Waals surface area contributed by atoms with Crippen molar-refractivity contribution in [1.29, 1.82) is 0 Å². The topological polar surface area (TPSA) is 38.0 Å². The Morgan fingerprint density at radius 1 is 1.71 bits per heavy atom. The van der Waals surface area contributed by atoms with Crippen LogP contribution in [-0.4, -0.2) is 6.54 Å². The highest BCUT2D eigenvalue weighted by molar-refractivity contribution is 4.71. The minimum atomic E-state index is 1.01. The standard InChI is InChI=1S/C5H12N2/c1-2-4-7-5-3-6/h3,5,7H,2,4,6H2,1H3/b5-3-. The lowest BCUT2D eigenvalue weighted by atomic mass is 10.5. The number of nitrogens with two attached hydrogens (primary N) is 1. The van der Waals surface area contributed by atoms with Crippen molar-refractivity contribution in [2.75, 3.05) is 6.54 Å². The molecule has 0 amide bonds. The minimum absolute atomic E-state index is 1.01. The quantitative estimate of drug-likeness (QED) is 0.504. The molecule has 0 rings (SSSR count). The molecule has 7 heavy (non-hydrogen) atoms. The van der Waals surface area contributed by atoms with Gasteiger partial charge in [0.15, 0.2) is 0 Å². The Balaban J connectivity index is 2.69. The largest absolute Gasteiger partial charge is 0.403 e. The number of nitrogens with one attached hydrogen (secondary N) is 1. The molecule has 2 nitrogen and oxygen atoms in total. The normalized spacial score (nSPS) is 9.86. The van der Waals surface area contributed by atoms with E-state index in [0.29, 0.717) is 0 Å². The third kappa shape index (κ3) is 5.34. The molecule has 0 aromatic heterocycles. The van der Waals surface area contributed by atoms with Crippen LogP contribution in [0.2, 0.25) is 0 Å². The van der Waals surface area contributed by atoms with Crippen LogP contribution in [0.3, 0.4) is 0 Å². The summed E-state index contributed by atoms with van der Waals surface area (Å²) in [4.78, 5) is 0. The molecule has 0 spiro atoms. The van der Waals surface area contributed by atoms with Gasteiger partial charge in [-0.1, -0.05) is 6.92 Å². The monoisotopic (exact) mass is 100 g/mol. The van der Waals surface area contributed by atoms with Crippen LogP contribution >= 0.6 is 0 Å². The Hall–Kier alpha value is -0.660. The fourth-order valence-electron chi connectivity index (χ4n) is 0.296. The van der Waals surface area contributed by atoms with Crippen LogP contribution in [0.25, 0.3) is 0 Å². The SMILES string of the molecule is CCCN/C=C\N. The lowest BCUT2D eigenvalue weighted by Crippen LogP contribution is -2.05. The first-order valence-corrected chi connectivity index (χ1v) is 2.52. The smallest absolute Gasteiger partial charge is 0.0139 e. The van der Waals surface area contributed by atoms with Crippen LogP contribution < -0.4 is 11.1 Å². The van der Waals surface area contributed by atoms with E-state index in [-0.39, 0.29) is 0 Å². The summed E-state index contributed by atoms with van der Waals surface area (Å²) in [6, 6.07) is 0. The van der Waals surface area contributed by atoms with Gasteiger partial charge in [-0.25, -0.2) is 0 Å². The number of hydrogen-bond donors (Lipinski definition) is 2. The van der Waals surface area contributed by atoms with Crippen LogP contribution in [0.1, 0.15) is 13.3 Å². The van der Waals surface area contributed by atoms with Crippen molar-refractivity contribution in [1.82, 2.24) is 5.32 Å². The lowest BCUT2D eigenvalue weighted by Gasteiger charge is -1.91. The third-order valence-electron chi connectivity index (χ3n) is 0.608. The summed E-state index contributed by atoms with van der Waals surface area (Å²) in [5, 5.41) is 2.98. The Morgan fingerprint density at radius 3 is 2.86 bits per heavy atom. The van der Waals surface area contributed by atoms with Crippen LogP contribution in [0.4, 0.5) is 0 Å². The highest BCUT2D eigenvalue weighted by Gasteiger charge is 1.68. The third-order valence-corrected chi connectivity index (χ3v) is 0.608. The van der Waals surface area contributed by atoms with Gasteiger partial charge < -0.3 is 11.1 Å².